The molecule has 27 heavy (non-hydrogen) atoms. The summed E-state index contributed by atoms with van der Waals surface area (Å²) in [7, 11) is -1.36. The highest BCUT2D eigenvalue weighted by molar-refractivity contribution is 7.89. The summed E-state index contributed by atoms with van der Waals surface area (Å²) in [4.78, 5) is 0.00196. The molecule has 0 aromatic heterocycles. The van der Waals surface area contributed by atoms with E-state index in [0.29, 0.717) is 0 Å². The van der Waals surface area contributed by atoms with E-state index in [2.05, 4.69) is 0 Å². The Kier molecular flexibility index (Phi) is 6.99. The molecule has 0 heterocycles. The van der Waals surface area contributed by atoms with Crippen LogP contribution in [0.5, 0.6) is 0 Å². The molecule has 0 fully saturated rings. The lowest BCUT2D eigenvalue weighted by molar-refractivity contribution is -0.108. The zero-order valence-electron chi connectivity index (χ0n) is 15.1. The number of sulfonamides is 1. The maximum absolute atomic E-state index is 13.5. The van der Waals surface area contributed by atoms with E-state index in [9.17, 15) is 21.6 Å². The van der Waals surface area contributed by atoms with Gasteiger partial charge in [0.1, 0.15) is 0 Å². The molecule has 0 spiro atoms. The van der Waals surface area contributed by atoms with Gasteiger partial charge in [-0.15, -0.1) is 0 Å². The summed E-state index contributed by atoms with van der Waals surface area (Å²) in [5, 5.41) is 0. The van der Waals surface area contributed by atoms with E-state index in [1.807, 2.05) is 6.92 Å². The third kappa shape index (κ3) is 5.07. The molecule has 0 aliphatic heterocycles. The van der Waals surface area contributed by atoms with Crippen LogP contribution < -0.4 is 0 Å². The Morgan fingerprint density at radius 1 is 1.00 bits per heavy atom. The van der Waals surface area contributed by atoms with Gasteiger partial charge >= 0.3 is 0 Å². The van der Waals surface area contributed by atoms with Gasteiger partial charge in [0, 0.05) is 20.8 Å². The largest absolute Gasteiger partial charge is 0.354 e. The molecule has 2 rings (SSSR count). The van der Waals surface area contributed by atoms with E-state index in [0.717, 1.165) is 22.0 Å². The molecule has 0 radical (unpaired) electrons. The Morgan fingerprint density at radius 2 is 1.52 bits per heavy atom. The van der Waals surface area contributed by atoms with Crippen molar-refractivity contribution >= 4 is 10.0 Å². The van der Waals surface area contributed by atoms with Crippen LogP contribution >= 0.6 is 0 Å². The predicted octanol–water partition coefficient (Wildman–Crippen LogP) is 3.22. The van der Waals surface area contributed by atoms with E-state index >= 15 is 0 Å². The monoisotopic (exact) mass is 403 g/mol. The fourth-order valence-electron chi connectivity index (χ4n) is 2.42. The molecule has 0 unspecified atom stereocenters. The zero-order valence-corrected chi connectivity index (χ0v) is 15.9. The van der Waals surface area contributed by atoms with Crippen LogP contribution in [-0.4, -0.2) is 39.8 Å². The van der Waals surface area contributed by atoms with Crippen molar-refractivity contribution in [3.8, 4) is 0 Å². The van der Waals surface area contributed by atoms with E-state index < -0.39 is 40.3 Å². The van der Waals surface area contributed by atoms with E-state index in [1.165, 1.54) is 26.4 Å². The summed E-state index contributed by atoms with van der Waals surface area (Å²) >= 11 is 0. The van der Waals surface area contributed by atoms with Gasteiger partial charge in [-0.3, -0.25) is 0 Å². The van der Waals surface area contributed by atoms with Crippen molar-refractivity contribution in [1.29, 1.82) is 0 Å². The number of rotatable bonds is 8. The molecule has 2 aromatic rings. The third-order valence-corrected chi connectivity index (χ3v) is 5.77. The topological polar surface area (TPSA) is 55.8 Å². The van der Waals surface area contributed by atoms with Gasteiger partial charge < -0.3 is 9.47 Å². The second-order valence-corrected chi connectivity index (χ2v) is 7.82. The Labute approximate surface area is 156 Å². The maximum Gasteiger partial charge on any atom is 0.243 e. The molecule has 0 saturated carbocycles. The maximum atomic E-state index is 13.5. The second kappa shape index (κ2) is 8.83. The van der Waals surface area contributed by atoms with Crippen molar-refractivity contribution < 1.29 is 31.1 Å². The van der Waals surface area contributed by atoms with Crippen LogP contribution in [0.2, 0.25) is 0 Å². The average Bonchev–Trinajstić information content (AvgIpc) is 2.63. The molecule has 0 aliphatic carbocycles. The molecule has 2 aromatic carbocycles. The number of nitrogens with zero attached hydrogens (tertiary/aromatic N) is 1. The van der Waals surface area contributed by atoms with Gasteiger partial charge in [-0.25, -0.2) is 21.6 Å². The number of benzene rings is 2. The van der Waals surface area contributed by atoms with Crippen molar-refractivity contribution in [2.24, 2.45) is 0 Å². The van der Waals surface area contributed by atoms with Crippen LogP contribution in [-0.2, 0) is 26.0 Å². The van der Waals surface area contributed by atoms with Gasteiger partial charge in [0.25, 0.3) is 0 Å². The lowest BCUT2D eigenvalue weighted by Gasteiger charge is -2.26. The number of hydrogen-bond acceptors (Lipinski definition) is 4. The number of aryl methyl sites for hydroxylation is 1. The summed E-state index contributed by atoms with van der Waals surface area (Å²) in [5.74, 6) is -4.40. The summed E-state index contributed by atoms with van der Waals surface area (Å²) in [5.41, 5.74) is 0.822. The average molecular weight is 403 g/mol. The number of halogens is 3. The van der Waals surface area contributed by atoms with Crippen LogP contribution in [0.3, 0.4) is 0 Å². The first-order valence-electron chi connectivity index (χ1n) is 7.95. The second-order valence-electron chi connectivity index (χ2n) is 5.89. The molecule has 5 nitrogen and oxygen atoms in total. The standard InChI is InChI=1S/C18H20F3NO4S/c1-12-4-6-14(7-5-12)27(23,24)22(11-17(25-2)26-3)10-13-8-15(19)18(21)16(20)9-13/h4-9,17H,10-11H2,1-3H3. The minimum absolute atomic E-state index is 0.00196. The first-order valence-corrected chi connectivity index (χ1v) is 9.39. The Hall–Kier alpha value is -1.94. The SMILES string of the molecule is COC(CN(Cc1cc(F)c(F)c(F)c1)S(=O)(=O)c1ccc(C)cc1)OC. The molecular formula is C18H20F3NO4S. The molecule has 0 aliphatic rings. The minimum Gasteiger partial charge on any atom is -0.354 e. The van der Waals surface area contributed by atoms with Gasteiger partial charge in [-0.2, -0.15) is 4.31 Å². The highest BCUT2D eigenvalue weighted by Crippen LogP contribution is 2.22. The van der Waals surface area contributed by atoms with Crippen LogP contribution in [0.15, 0.2) is 41.3 Å². The Morgan fingerprint density at radius 3 is 2.00 bits per heavy atom. The molecule has 0 amide bonds. The number of methoxy groups -OCH3 is 2. The number of hydrogen-bond donors (Lipinski definition) is 0. The Bertz CT molecular complexity index is 861. The lowest BCUT2D eigenvalue weighted by atomic mass is 10.2. The predicted molar refractivity (Wildman–Crippen MR) is 92.9 cm³/mol. The van der Waals surface area contributed by atoms with Crippen molar-refractivity contribution in [1.82, 2.24) is 4.31 Å². The van der Waals surface area contributed by atoms with Crippen LogP contribution in [0.1, 0.15) is 11.1 Å². The normalized spacial score (nSPS) is 12.1. The van der Waals surface area contributed by atoms with E-state index in [4.69, 9.17) is 9.47 Å². The van der Waals surface area contributed by atoms with Crippen LogP contribution in [0.4, 0.5) is 13.2 Å². The van der Waals surface area contributed by atoms with Crippen molar-refractivity contribution in [2.75, 3.05) is 20.8 Å². The Balaban J connectivity index is 2.43. The van der Waals surface area contributed by atoms with Crippen molar-refractivity contribution in [2.45, 2.75) is 24.7 Å². The highest BCUT2D eigenvalue weighted by atomic mass is 32.2. The van der Waals surface area contributed by atoms with Gasteiger partial charge in [0.05, 0.1) is 11.4 Å². The fourth-order valence-corrected chi connectivity index (χ4v) is 3.84. The van der Waals surface area contributed by atoms with Gasteiger partial charge in [-0.05, 0) is 36.8 Å². The first-order chi connectivity index (χ1) is 12.7. The molecule has 9 heteroatoms. The molecule has 0 bridgehead atoms. The highest BCUT2D eigenvalue weighted by Gasteiger charge is 2.28. The fraction of sp³-hybridized carbons (Fsp3) is 0.333. The van der Waals surface area contributed by atoms with Crippen molar-refractivity contribution in [3.63, 3.8) is 0 Å². The molecule has 0 N–H and O–H groups in total. The van der Waals surface area contributed by atoms with Gasteiger partial charge in [-0.1, -0.05) is 17.7 Å². The molecule has 148 valence electrons. The van der Waals surface area contributed by atoms with Gasteiger partial charge in [0.15, 0.2) is 23.7 Å². The van der Waals surface area contributed by atoms with Gasteiger partial charge in [0.2, 0.25) is 10.0 Å². The molecule has 0 saturated heterocycles. The van der Waals surface area contributed by atoms with E-state index in [1.54, 1.807) is 12.1 Å². The third-order valence-electron chi connectivity index (χ3n) is 3.94. The van der Waals surface area contributed by atoms with Crippen molar-refractivity contribution in [3.05, 3.63) is 65.0 Å². The van der Waals surface area contributed by atoms with Crippen LogP contribution in [0.25, 0.3) is 0 Å². The number of ether oxygens (including phenoxy) is 2. The first kappa shape index (κ1) is 21.4. The lowest BCUT2D eigenvalue weighted by Crippen LogP contribution is -2.38. The molecular weight excluding hydrogens is 383 g/mol. The summed E-state index contributed by atoms with van der Waals surface area (Å²) in [6, 6.07) is 7.63. The van der Waals surface area contributed by atoms with E-state index in [-0.39, 0.29) is 17.0 Å². The smallest absolute Gasteiger partial charge is 0.243 e. The quantitative estimate of drug-likeness (QED) is 0.502. The zero-order chi connectivity index (χ0) is 20.2. The summed E-state index contributed by atoms with van der Waals surface area (Å²) in [6.45, 7) is 1.18. The van der Waals surface area contributed by atoms with Crippen LogP contribution in [0, 0.1) is 24.4 Å². The molecule has 0 atom stereocenters. The summed E-state index contributed by atoms with van der Waals surface area (Å²) < 4.78 is 77.3. The minimum atomic E-state index is -4.03. The summed E-state index contributed by atoms with van der Waals surface area (Å²) in [6.07, 6.45) is -0.902.